The molecule has 0 fully saturated rings. The van der Waals surface area contributed by atoms with E-state index in [1.165, 1.54) is 11.8 Å². The van der Waals surface area contributed by atoms with Crippen LogP contribution in [0.2, 0.25) is 0 Å². The molecule has 3 N–H and O–H groups in total. The maximum Gasteiger partial charge on any atom is 0.318 e. The molecule has 8 heteroatoms. The van der Waals surface area contributed by atoms with E-state index in [1.54, 1.807) is 17.9 Å². The second-order valence-electron chi connectivity index (χ2n) is 3.86. The Balaban J connectivity index is 2.77. The number of thioether (sulfide) groups is 1. The Morgan fingerprint density at radius 3 is 2.59 bits per heavy atom. The SMILES string of the molecule is CC(C)C(Sc1nncn1C)C(=O)NC(N)=O. The molecule has 0 saturated carbocycles. The Kier molecular flexibility index (Phi) is 4.50. The first-order valence-corrected chi connectivity index (χ1v) is 5.90. The van der Waals surface area contributed by atoms with Crippen LogP contribution in [0.5, 0.6) is 0 Å². The fraction of sp³-hybridized carbons (Fsp3) is 0.556. The highest BCUT2D eigenvalue weighted by Gasteiger charge is 2.26. The van der Waals surface area contributed by atoms with E-state index in [1.807, 2.05) is 13.8 Å². The van der Waals surface area contributed by atoms with Crippen molar-refractivity contribution in [3.8, 4) is 0 Å². The van der Waals surface area contributed by atoms with Crippen LogP contribution in [0.15, 0.2) is 11.5 Å². The Morgan fingerprint density at radius 1 is 1.53 bits per heavy atom. The van der Waals surface area contributed by atoms with Gasteiger partial charge in [0.1, 0.15) is 6.33 Å². The van der Waals surface area contributed by atoms with E-state index in [0.29, 0.717) is 5.16 Å². The van der Waals surface area contributed by atoms with Gasteiger partial charge in [0, 0.05) is 7.05 Å². The van der Waals surface area contributed by atoms with E-state index in [0.717, 1.165) is 0 Å². The summed E-state index contributed by atoms with van der Waals surface area (Å²) < 4.78 is 1.71. The van der Waals surface area contributed by atoms with E-state index in [4.69, 9.17) is 5.73 Å². The van der Waals surface area contributed by atoms with Gasteiger partial charge in [-0.2, -0.15) is 0 Å². The van der Waals surface area contributed by atoms with Crippen LogP contribution < -0.4 is 11.1 Å². The van der Waals surface area contributed by atoms with Gasteiger partial charge in [0.25, 0.3) is 0 Å². The molecule has 0 bridgehead atoms. The summed E-state index contributed by atoms with van der Waals surface area (Å²) >= 11 is 1.25. The third-order valence-electron chi connectivity index (χ3n) is 2.01. The third-order valence-corrected chi connectivity index (χ3v) is 3.61. The molecule has 0 aliphatic carbocycles. The van der Waals surface area contributed by atoms with E-state index in [2.05, 4.69) is 15.5 Å². The van der Waals surface area contributed by atoms with Gasteiger partial charge in [0.05, 0.1) is 5.25 Å². The number of urea groups is 1. The smallest absolute Gasteiger partial charge is 0.318 e. The van der Waals surface area contributed by atoms with Crippen molar-refractivity contribution in [2.24, 2.45) is 18.7 Å². The zero-order valence-corrected chi connectivity index (χ0v) is 10.7. The minimum absolute atomic E-state index is 0.0380. The summed E-state index contributed by atoms with van der Waals surface area (Å²) in [5.74, 6) is -0.378. The Hall–Kier alpha value is -1.57. The molecule has 0 radical (unpaired) electrons. The number of rotatable bonds is 4. The lowest BCUT2D eigenvalue weighted by Gasteiger charge is -2.17. The van der Waals surface area contributed by atoms with Gasteiger partial charge in [-0.15, -0.1) is 10.2 Å². The Morgan fingerprint density at radius 2 is 2.18 bits per heavy atom. The van der Waals surface area contributed by atoms with Gasteiger partial charge in [0.2, 0.25) is 5.91 Å². The standard InChI is InChI=1S/C9H15N5O2S/c1-5(2)6(7(15)12-8(10)16)17-9-13-11-4-14(9)3/h4-6H,1-3H3,(H3,10,12,15,16). The lowest BCUT2D eigenvalue weighted by atomic mass is 10.1. The summed E-state index contributed by atoms with van der Waals surface area (Å²) in [5, 5.41) is 9.85. The zero-order valence-electron chi connectivity index (χ0n) is 9.88. The van der Waals surface area contributed by atoms with Crippen molar-refractivity contribution in [2.75, 3.05) is 0 Å². The Labute approximate surface area is 103 Å². The van der Waals surface area contributed by atoms with Crippen LogP contribution in [-0.4, -0.2) is 32.0 Å². The molecule has 0 saturated heterocycles. The summed E-state index contributed by atoms with van der Waals surface area (Å²) in [4.78, 5) is 22.4. The number of primary amides is 1. The van der Waals surface area contributed by atoms with Crippen molar-refractivity contribution in [1.82, 2.24) is 20.1 Å². The number of nitrogens with zero attached hydrogens (tertiary/aromatic N) is 3. The number of nitrogens with one attached hydrogen (secondary N) is 1. The molecule has 1 heterocycles. The maximum absolute atomic E-state index is 11.7. The Bertz CT molecular complexity index is 417. The quantitative estimate of drug-likeness (QED) is 0.746. The van der Waals surface area contributed by atoms with E-state index in [-0.39, 0.29) is 5.92 Å². The average molecular weight is 257 g/mol. The number of carbonyl (C=O) groups excluding carboxylic acids is 2. The molecule has 1 rings (SSSR count). The molecule has 1 atom stereocenters. The fourth-order valence-corrected chi connectivity index (χ4v) is 2.15. The molecular weight excluding hydrogens is 242 g/mol. The van der Waals surface area contributed by atoms with E-state index < -0.39 is 17.2 Å². The zero-order chi connectivity index (χ0) is 13.0. The molecule has 94 valence electrons. The number of imide groups is 1. The number of amides is 3. The summed E-state index contributed by atoms with van der Waals surface area (Å²) in [6.45, 7) is 3.77. The predicted octanol–water partition coefficient (Wildman–Crippen LogP) is 0.127. The van der Waals surface area contributed by atoms with Crippen LogP contribution in [0.1, 0.15) is 13.8 Å². The summed E-state index contributed by atoms with van der Waals surface area (Å²) in [6, 6.07) is -0.848. The molecule has 3 amide bonds. The lowest BCUT2D eigenvalue weighted by molar-refractivity contribution is -0.120. The van der Waals surface area contributed by atoms with Gasteiger partial charge < -0.3 is 10.3 Å². The number of hydrogen-bond donors (Lipinski definition) is 2. The van der Waals surface area contributed by atoms with Crippen molar-refractivity contribution in [2.45, 2.75) is 24.3 Å². The molecule has 1 aromatic heterocycles. The van der Waals surface area contributed by atoms with Crippen LogP contribution in [-0.2, 0) is 11.8 Å². The molecule has 17 heavy (non-hydrogen) atoms. The van der Waals surface area contributed by atoms with Crippen molar-refractivity contribution in [1.29, 1.82) is 0 Å². The van der Waals surface area contributed by atoms with Crippen molar-refractivity contribution in [3.63, 3.8) is 0 Å². The topological polar surface area (TPSA) is 103 Å². The number of aromatic nitrogens is 3. The molecule has 7 nitrogen and oxygen atoms in total. The summed E-state index contributed by atoms with van der Waals surface area (Å²) in [5.41, 5.74) is 4.92. The van der Waals surface area contributed by atoms with Gasteiger partial charge in [-0.05, 0) is 5.92 Å². The first-order valence-electron chi connectivity index (χ1n) is 5.02. The normalized spacial score (nSPS) is 12.5. The number of nitrogens with two attached hydrogens (primary N) is 1. The second-order valence-corrected chi connectivity index (χ2v) is 4.97. The molecule has 0 aromatic carbocycles. The first kappa shape index (κ1) is 13.5. The van der Waals surface area contributed by atoms with Crippen molar-refractivity contribution < 1.29 is 9.59 Å². The minimum atomic E-state index is -0.848. The van der Waals surface area contributed by atoms with Gasteiger partial charge >= 0.3 is 6.03 Å². The largest absolute Gasteiger partial charge is 0.351 e. The van der Waals surface area contributed by atoms with Crippen LogP contribution in [0.25, 0.3) is 0 Å². The first-order chi connectivity index (χ1) is 7.91. The van der Waals surface area contributed by atoms with E-state index >= 15 is 0 Å². The van der Waals surface area contributed by atoms with Gasteiger partial charge in [0.15, 0.2) is 5.16 Å². The molecule has 0 spiro atoms. The maximum atomic E-state index is 11.7. The van der Waals surface area contributed by atoms with E-state index in [9.17, 15) is 9.59 Å². The van der Waals surface area contributed by atoms with Crippen LogP contribution in [0.3, 0.4) is 0 Å². The predicted molar refractivity (Wildman–Crippen MR) is 63.2 cm³/mol. The highest BCUT2D eigenvalue weighted by molar-refractivity contribution is 8.00. The van der Waals surface area contributed by atoms with Gasteiger partial charge in [-0.25, -0.2) is 4.79 Å². The fourth-order valence-electron chi connectivity index (χ4n) is 1.18. The minimum Gasteiger partial charge on any atom is -0.351 e. The van der Waals surface area contributed by atoms with Crippen LogP contribution in [0.4, 0.5) is 4.79 Å². The number of aryl methyl sites for hydroxylation is 1. The highest BCUT2D eigenvalue weighted by Crippen LogP contribution is 2.26. The van der Waals surface area contributed by atoms with Crippen molar-refractivity contribution in [3.05, 3.63) is 6.33 Å². The highest BCUT2D eigenvalue weighted by atomic mass is 32.2. The summed E-state index contributed by atoms with van der Waals surface area (Å²) in [6.07, 6.45) is 1.55. The number of carbonyl (C=O) groups is 2. The monoisotopic (exact) mass is 257 g/mol. The van der Waals surface area contributed by atoms with Gasteiger partial charge in [-0.1, -0.05) is 25.6 Å². The molecule has 0 aliphatic heterocycles. The summed E-state index contributed by atoms with van der Waals surface area (Å²) in [7, 11) is 1.78. The molecule has 1 unspecified atom stereocenters. The number of hydrogen-bond acceptors (Lipinski definition) is 5. The average Bonchev–Trinajstić information content (AvgIpc) is 2.58. The van der Waals surface area contributed by atoms with Crippen LogP contribution >= 0.6 is 11.8 Å². The molecule has 1 aromatic rings. The molecule has 0 aliphatic rings. The van der Waals surface area contributed by atoms with Crippen molar-refractivity contribution >= 4 is 23.7 Å². The molecular formula is C9H15N5O2S. The second kappa shape index (κ2) is 5.67. The third kappa shape index (κ3) is 3.74. The van der Waals surface area contributed by atoms with Gasteiger partial charge in [-0.3, -0.25) is 10.1 Å². The lowest BCUT2D eigenvalue weighted by Crippen LogP contribution is -2.42. The van der Waals surface area contributed by atoms with Crippen LogP contribution in [0, 0.1) is 5.92 Å².